The highest BCUT2D eigenvalue weighted by molar-refractivity contribution is 7.15. The number of hydrogen-bond acceptors (Lipinski definition) is 4. The average molecular weight is 358 g/mol. The van der Waals surface area contributed by atoms with E-state index in [0.29, 0.717) is 5.76 Å². The molecule has 2 rings (SSSR count). The molecule has 0 aliphatic carbocycles. The van der Waals surface area contributed by atoms with Gasteiger partial charge in [0.25, 0.3) is 0 Å². The fraction of sp³-hybridized carbons (Fsp3) is 0.238. The van der Waals surface area contributed by atoms with E-state index in [0.717, 1.165) is 17.9 Å². The van der Waals surface area contributed by atoms with Gasteiger partial charge in [-0.2, -0.15) is 0 Å². The highest BCUT2D eigenvalue weighted by Crippen LogP contribution is 2.28. The first-order chi connectivity index (χ1) is 12.0. The van der Waals surface area contributed by atoms with Crippen molar-refractivity contribution >= 4 is 11.3 Å². The lowest BCUT2D eigenvalue weighted by Crippen LogP contribution is -2.09. The lowest BCUT2D eigenvalue weighted by atomic mass is 10.2. The first-order valence-electron chi connectivity index (χ1n) is 7.95. The van der Waals surface area contributed by atoms with E-state index in [1.165, 1.54) is 15.3 Å². The van der Waals surface area contributed by atoms with Gasteiger partial charge in [0, 0.05) is 16.3 Å². The van der Waals surface area contributed by atoms with Crippen LogP contribution in [0.5, 0.6) is 5.75 Å². The number of allylic oxidation sites excluding steroid dienone is 1. The van der Waals surface area contributed by atoms with Crippen LogP contribution in [0.4, 0.5) is 0 Å². The third kappa shape index (κ3) is 7.42. The summed E-state index contributed by atoms with van der Waals surface area (Å²) in [6, 6.07) is 12.5. The number of hydrogen-bond donors (Lipinski definition) is 1. The van der Waals surface area contributed by atoms with Gasteiger partial charge < -0.3 is 14.8 Å². The van der Waals surface area contributed by atoms with Gasteiger partial charge in [0.05, 0.1) is 14.2 Å². The summed E-state index contributed by atoms with van der Waals surface area (Å²) in [7, 11) is 5.16. The van der Waals surface area contributed by atoms with E-state index in [1.807, 2.05) is 36.6 Å². The summed E-state index contributed by atoms with van der Waals surface area (Å²) in [5, 5.41) is 3.01. The maximum Gasteiger partial charge on any atom is 0.118 e. The van der Waals surface area contributed by atoms with Crippen molar-refractivity contribution in [1.29, 1.82) is 0 Å². The molecule has 0 aliphatic rings. The van der Waals surface area contributed by atoms with Crippen LogP contribution in [0.25, 0.3) is 10.4 Å². The first-order valence-corrected chi connectivity index (χ1v) is 8.77. The van der Waals surface area contributed by atoms with Gasteiger partial charge in [0.15, 0.2) is 0 Å². The molecule has 0 atom stereocenters. The van der Waals surface area contributed by atoms with Crippen molar-refractivity contribution in [1.82, 2.24) is 5.32 Å². The van der Waals surface area contributed by atoms with Crippen LogP contribution in [0.2, 0.25) is 0 Å². The summed E-state index contributed by atoms with van der Waals surface area (Å²) in [5.74, 6) is 1.55. The summed E-state index contributed by atoms with van der Waals surface area (Å²) in [5.41, 5.74) is 2.32. The molecule has 1 aromatic heterocycles. The van der Waals surface area contributed by atoms with Crippen molar-refractivity contribution in [2.24, 2.45) is 0 Å². The molecular formula is C21H27NO2S. The minimum Gasteiger partial charge on any atom is -0.497 e. The molecule has 1 N–H and O–H groups in total. The second kappa shape index (κ2) is 11.3. The van der Waals surface area contributed by atoms with E-state index in [9.17, 15) is 0 Å². The van der Waals surface area contributed by atoms with Crippen LogP contribution in [0.3, 0.4) is 0 Å². The molecule has 2 aromatic rings. The Kier molecular flexibility index (Phi) is 9.37. The Morgan fingerprint density at radius 3 is 2.28 bits per heavy atom. The molecule has 25 heavy (non-hydrogen) atoms. The zero-order valence-electron chi connectivity index (χ0n) is 15.5. The highest BCUT2D eigenvalue weighted by atomic mass is 32.1. The molecule has 0 radical (unpaired) electrons. The Bertz CT molecular complexity index is 699. The third-order valence-corrected chi connectivity index (χ3v) is 4.42. The fourth-order valence-corrected chi connectivity index (χ4v) is 2.87. The number of likely N-dealkylation sites (N-methyl/N-ethyl adjacent to an activating group) is 1. The van der Waals surface area contributed by atoms with Crippen molar-refractivity contribution in [2.45, 2.75) is 6.92 Å². The van der Waals surface area contributed by atoms with Gasteiger partial charge >= 0.3 is 0 Å². The fourth-order valence-electron chi connectivity index (χ4n) is 2.00. The first kappa shape index (κ1) is 20.7. The van der Waals surface area contributed by atoms with Crippen LogP contribution in [0.1, 0.15) is 4.88 Å². The van der Waals surface area contributed by atoms with E-state index in [-0.39, 0.29) is 0 Å². The van der Waals surface area contributed by atoms with Gasteiger partial charge in [-0.25, -0.2) is 0 Å². The van der Waals surface area contributed by atoms with E-state index >= 15 is 0 Å². The summed E-state index contributed by atoms with van der Waals surface area (Å²) in [6.07, 6.45) is 3.63. The van der Waals surface area contributed by atoms with Gasteiger partial charge in [-0.1, -0.05) is 19.2 Å². The van der Waals surface area contributed by atoms with Crippen molar-refractivity contribution in [3.63, 3.8) is 0 Å². The molecule has 4 heteroatoms. The smallest absolute Gasteiger partial charge is 0.118 e. The van der Waals surface area contributed by atoms with Gasteiger partial charge in [-0.3, -0.25) is 0 Å². The van der Waals surface area contributed by atoms with Crippen molar-refractivity contribution in [3.05, 3.63) is 77.9 Å². The molecule has 134 valence electrons. The van der Waals surface area contributed by atoms with Gasteiger partial charge in [-0.05, 0) is 67.6 Å². The number of benzene rings is 1. The Hall–Kier alpha value is -2.30. The monoisotopic (exact) mass is 357 g/mol. The Morgan fingerprint density at radius 2 is 1.84 bits per heavy atom. The minimum atomic E-state index is 0.648. The molecule has 0 saturated heterocycles. The lowest BCUT2D eigenvalue weighted by molar-refractivity contribution is 0.308. The molecule has 0 saturated carbocycles. The second-order valence-corrected chi connectivity index (χ2v) is 6.55. The molecule has 0 amide bonds. The Balaban J connectivity index is 0.000000260. The zero-order chi connectivity index (χ0) is 18.7. The van der Waals surface area contributed by atoms with Crippen LogP contribution >= 0.6 is 11.3 Å². The molecule has 1 heterocycles. The standard InChI is InChI=1S/C12H12OS.C9H15NO/c1-9-3-8-12(14-9)10-4-6-11(13-2)7-5-10;1-5-9(7-10-3)6-8(2)11-4/h3-8H,1-2H3;5-6,10H,1-2,7H2,3-4H3/b;9-6+. The number of thiophene rings is 1. The molecule has 0 aliphatic heterocycles. The zero-order valence-corrected chi connectivity index (χ0v) is 16.3. The SMILES string of the molecule is C=C/C(=C\C(=C)OC)CNC.COc1ccc(-c2ccc(C)s2)cc1. The molecule has 3 nitrogen and oxygen atoms in total. The number of nitrogens with one attached hydrogen (secondary N) is 1. The van der Waals surface area contributed by atoms with Gasteiger partial charge in [0.2, 0.25) is 0 Å². The predicted octanol–water partition coefficient (Wildman–Crippen LogP) is 5.21. The summed E-state index contributed by atoms with van der Waals surface area (Å²) >= 11 is 1.81. The Morgan fingerprint density at radius 1 is 1.16 bits per heavy atom. The van der Waals surface area contributed by atoms with Gasteiger partial charge in [0.1, 0.15) is 11.5 Å². The number of rotatable bonds is 7. The van der Waals surface area contributed by atoms with E-state index < -0.39 is 0 Å². The van der Waals surface area contributed by atoms with Crippen molar-refractivity contribution in [3.8, 4) is 16.2 Å². The maximum atomic E-state index is 5.11. The summed E-state index contributed by atoms with van der Waals surface area (Å²) < 4.78 is 10.00. The quantitative estimate of drug-likeness (QED) is 0.545. The van der Waals surface area contributed by atoms with Crippen LogP contribution in [-0.2, 0) is 4.74 Å². The maximum absolute atomic E-state index is 5.11. The minimum absolute atomic E-state index is 0.648. The third-order valence-electron chi connectivity index (χ3n) is 3.37. The summed E-state index contributed by atoms with van der Waals surface area (Å²) in [6.45, 7) is 10.2. The highest BCUT2D eigenvalue weighted by Gasteiger charge is 2.00. The molecule has 0 unspecified atom stereocenters. The number of ether oxygens (including phenoxy) is 2. The number of methoxy groups -OCH3 is 2. The normalized spacial score (nSPS) is 10.5. The summed E-state index contributed by atoms with van der Waals surface area (Å²) in [4.78, 5) is 2.65. The number of aryl methyl sites for hydroxylation is 1. The molecule has 0 spiro atoms. The van der Waals surface area contributed by atoms with E-state index in [2.05, 4.69) is 49.7 Å². The predicted molar refractivity (Wildman–Crippen MR) is 109 cm³/mol. The van der Waals surface area contributed by atoms with Crippen LogP contribution in [0.15, 0.2) is 73.0 Å². The van der Waals surface area contributed by atoms with Gasteiger partial charge in [-0.15, -0.1) is 11.3 Å². The van der Waals surface area contributed by atoms with Crippen molar-refractivity contribution in [2.75, 3.05) is 27.8 Å². The van der Waals surface area contributed by atoms with Crippen molar-refractivity contribution < 1.29 is 9.47 Å². The van der Waals surface area contributed by atoms with E-state index in [1.54, 1.807) is 20.3 Å². The molecule has 0 fully saturated rings. The topological polar surface area (TPSA) is 30.5 Å². The molecule has 1 aromatic carbocycles. The Labute approximate surface area is 155 Å². The van der Waals surface area contributed by atoms with Crippen LogP contribution < -0.4 is 10.1 Å². The van der Waals surface area contributed by atoms with Crippen LogP contribution in [0, 0.1) is 6.92 Å². The molecule has 0 bridgehead atoms. The lowest BCUT2D eigenvalue weighted by Gasteiger charge is -2.01. The van der Waals surface area contributed by atoms with E-state index in [4.69, 9.17) is 9.47 Å². The molecular weight excluding hydrogens is 330 g/mol. The van der Waals surface area contributed by atoms with Crippen LogP contribution in [-0.4, -0.2) is 27.8 Å². The average Bonchev–Trinajstić information content (AvgIpc) is 3.08. The second-order valence-electron chi connectivity index (χ2n) is 5.26. The largest absolute Gasteiger partial charge is 0.497 e.